The van der Waals surface area contributed by atoms with Crippen LogP contribution in [0.25, 0.3) is 0 Å². The fourth-order valence-electron chi connectivity index (χ4n) is 3.13. The van der Waals surface area contributed by atoms with Gasteiger partial charge in [0, 0.05) is 15.3 Å². The van der Waals surface area contributed by atoms with Crippen molar-refractivity contribution in [1.82, 2.24) is 0 Å². The molecule has 0 aromatic heterocycles. The SMILES string of the molecule is Cc1cc(I)ccc1NC(C)c1ccc2c(c1)CCCC2. The first-order valence-electron chi connectivity index (χ1n) is 7.78. The summed E-state index contributed by atoms with van der Waals surface area (Å²) in [7, 11) is 0. The van der Waals surface area contributed by atoms with Crippen molar-refractivity contribution in [2.75, 3.05) is 5.32 Å². The molecule has 3 rings (SSSR count). The van der Waals surface area contributed by atoms with Crippen molar-refractivity contribution in [2.24, 2.45) is 0 Å². The van der Waals surface area contributed by atoms with E-state index in [1.54, 1.807) is 11.1 Å². The summed E-state index contributed by atoms with van der Waals surface area (Å²) in [5, 5.41) is 3.66. The van der Waals surface area contributed by atoms with Crippen LogP contribution in [0.2, 0.25) is 0 Å². The van der Waals surface area contributed by atoms with Gasteiger partial charge in [-0.05, 0) is 103 Å². The molecule has 0 saturated carbocycles. The molecule has 0 saturated heterocycles. The Morgan fingerprint density at radius 2 is 1.76 bits per heavy atom. The minimum absolute atomic E-state index is 0.344. The summed E-state index contributed by atoms with van der Waals surface area (Å²) < 4.78 is 1.29. The van der Waals surface area contributed by atoms with Crippen molar-refractivity contribution >= 4 is 28.3 Å². The third kappa shape index (κ3) is 3.42. The van der Waals surface area contributed by atoms with Crippen molar-refractivity contribution in [1.29, 1.82) is 0 Å². The van der Waals surface area contributed by atoms with Crippen molar-refractivity contribution in [3.05, 3.63) is 62.2 Å². The van der Waals surface area contributed by atoms with Crippen molar-refractivity contribution in [3.63, 3.8) is 0 Å². The molecule has 0 amide bonds. The lowest BCUT2D eigenvalue weighted by Gasteiger charge is -2.21. The number of hydrogen-bond acceptors (Lipinski definition) is 1. The second kappa shape index (κ2) is 6.39. The number of hydrogen-bond donors (Lipinski definition) is 1. The van der Waals surface area contributed by atoms with E-state index in [1.165, 1.54) is 46.1 Å². The van der Waals surface area contributed by atoms with E-state index in [-0.39, 0.29) is 0 Å². The number of anilines is 1. The van der Waals surface area contributed by atoms with Gasteiger partial charge in [0.15, 0.2) is 0 Å². The molecule has 0 radical (unpaired) electrons. The van der Waals surface area contributed by atoms with Crippen LogP contribution in [0.1, 0.15) is 48.1 Å². The molecule has 0 spiro atoms. The summed E-state index contributed by atoms with van der Waals surface area (Å²) in [6, 6.07) is 14.0. The number of benzene rings is 2. The summed E-state index contributed by atoms with van der Waals surface area (Å²) in [4.78, 5) is 0. The van der Waals surface area contributed by atoms with Crippen LogP contribution in [-0.2, 0) is 12.8 Å². The Morgan fingerprint density at radius 3 is 2.52 bits per heavy atom. The van der Waals surface area contributed by atoms with Crippen LogP contribution < -0.4 is 5.32 Å². The summed E-state index contributed by atoms with van der Waals surface area (Å²) in [6.07, 6.45) is 5.20. The maximum Gasteiger partial charge on any atom is 0.0485 e. The molecule has 1 aliphatic carbocycles. The van der Waals surface area contributed by atoms with Gasteiger partial charge in [0.2, 0.25) is 0 Å². The van der Waals surface area contributed by atoms with Gasteiger partial charge in [-0.25, -0.2) is 0 Å². The molecule has 0 bridgehead atoms. The molecule has 2 heteroatoms. The molecule has 0 heterocycles. The van der Waals surface area contributed by atoms with Crippen molar-refractivity contribution < 1.29 is 0 Å². The van der Waals surface area contributed by atoms with Gasteiger partial charge < -0.3 is 5.32 Å². The maximum absolute atomic E-state index is 3.66. The lowest BCUT2D eigenvalue weighted by Crippen LogP contribution is -2.10. The van der Waals surface area contributed by atoms with E-state index in [2.05, 4.69) is 78.2 Å². The average molecular weight is 391 g/mol. The highest BCUT2D eigenvalue weighted by atomic mass is 127. The van der Waals surface area contributed by atoms with Crippen LogP contribution in [-0.4, -0.2) is 0 Å². The molecule has 2 aromatic rings. The topological polar surface area (TPSA) is 12.0 Å². The predicted molar refractivity (Wildman–Crippen MR) is 99.0 cm³/mol. The molecular weight excluding hydrogens is 369 g/mol. The number of fused-ring (bicyclic) bond motifs is 1. The number of rotatable bonds is 3. The number of nitrogens with one attached hydrogen (secondary N) is 1. The van der Waals surface area contributed by atoms with E-state index in [4.69, 9.17) is 0 Å². The summed E-state index contributed by atoms with van der Waals surface area (Å²) in [6.45, 7) is 4.42. The summed E-state index contributed by atoms with van der Waals surface area (Å²) in [5.41, 5.74) is 7.07. The standard InChI is InChI=1S/C19H22IN/c1-13-11-18(20)9-10-19(13)21-14(2)16-8-7-15-5-3-4-6-17(15)12-16/h7-12,14,21H,3-6H2,1-2H3. The Bertz CT molecular complexity index is 648. The summed E-state index contributed by atoms with van der Waals surface area (Å²) >= 11 is 2.36. The maximum atomic E-state index is 3.66. The third-order valence-electron chi connectivity index (χ3n) is 4.43. The van der Waals surface area contributed by atoms with E-state index in [0.29, 0.717) is 6.04 Å². The average Bonchev–Trinajstić information content (AvgIpc) is 2.49. The van der Waals surface area contributed by atoms with E-state index < -0.39 is 0 Å². The van der Waals surface area contributed by atoms with E-state index in [0.717, 1.165) is 0 Å². The zero-order valence-corrected chi connectivity index (χ0v) is 14.9. The molecule has 2 aromatic carbocycles. The zero-order valence-electron chi connectivity index (χ0n) is 12.7. The van der Waals surface area contributed by atoms with E-state index in [9.17, 15) is 0 Å². The van der Waals surface area contributed by atoms with Crippen LogP contribution in [0.5, 0.6) is 0 Å². The first kappa shape index (κ1) is 14.9. The van der Waals surface area contributed by atoms with Gasteiger partial charge in [-0.2, -0.15) is 0 Å². The summed E-state index contributed by atoms with van der Waals surface area (Å²) in [5.74, 6) is 0. The zero-order chi connectivity index (χ0) is 14.8. The van der Waals surface area contributed by atoms with Gasteiger partial charge in [0.25, 0.3) is 0 Å². The molecule has 1 aliphatic rings. The first-order chi connectivity index (χ1) is 10.1. The van der Waals surface area contributed by atoms with Crippen LogP contribution in [0.4, 0.5) is 5.69 Å². The van der Waals surface area contributed by atoms with E-state index >= 15 is 0 Å². The highest BCUT2D eigenvalue weighted by Gasteiger charge is 2.13. The molecule has 1 atom stereocenters. The molecule has 1 unspecified atom stereocenters. The highest BCUT2D eigenvalue weighted by Crippen LogP contribution is 2.27. The van der Waals surface area contributed by atoms with Crippen molar-refractivity contribution in [3.8, 4) is 0 Å². The van der Waals surface area contributed by atoms with Crippen molar-refractivity contribution in [2.45, 2.75) is 45.6 Å². The molecule has 1 nitrogen and oxygen atoms in total. The largest absolute Gasteiger partial charge is 0.378 e. The quantitative estimate of drug-likeness (QED) is 0.667. The molecule has 21 heavy (non-hydrogen) atoms. The molecule has 1 N–H and O–H groups in total. The van der Waals surface area contributed by atoms with Crippen LogP contribution >= 0.6 is 22.6 Å². The number of halogens is 1. The lowest BCUT2D eigenvalue weighted by atomic mass is 9.89. The predicted octanol–water partition coefficient (Wildman–Crippen LogP) is 5.65. The first-order valence-corrected chi connectivity index (χ1v) is 8.86. The fraction of sp³-hybridized carbons (Fsp3) is 0.368. The Hall–Kier alpha value is -1.03. The van der Waals surface area contributed by atoms with E-state index in [1.807, 2.05) is 0 Å². The van der Waals surface area contributed by atoms with Crippen LogP contribution in [0, 0.1) is 10.5 Å². The number of aryl methyl sites for hydroxylation is 3. The molecule has 0 aliphatic heterocycles. The molecular formula is C19H22IN. The molecule has 110 valence electrons. The minimum Gasteiger partial charge on any atom is -0.378 e. The highest BCUT2D eigenvalue weighted by molar-refractivity contribution is 14.1. The van der Waals surface area contributed by atoms with Crippen LogP contribution in [0.3, 0.4) is 0 Å². The Morgan fingerprint density at radius 1 is 1.00 bits per heavy atom. The Kier molecular flexibility index (Phi) is 4.53. The van der Waals surface area contributed by atoms with Gasteiger partial charge in [-0.3, -0.25) is 0 Å². The van der Waals surface area contributed by atoms with Gasteiger partial charge >= 0.3 is 0 Å². The lowest BCUT2D eigenvalue weighted by molar-refractivity contribution is 0.683. The monoisotopic (exact) mass is 391 g/mol. The van der Waals surface area contributed by atoms with Crippen LogP contribution in [0.15, 0.2) is 36.4 Å². The van der Waals surface area contributed by atoms with Gasteiger partial charge in [-0.1, -0.05) is 18.2 Å². The smallest absolute Gasteiger partial charge is 0.0485 e. The fourth-order valence-corrected chi connectivity index (χ4v) is 3.78. The second-order valence-corrected chi connectivity index (χ2v) is 7.31. The van der Waals surface area contributed by atoms with Gasteiger partial charge in [0.05, 0.1) is 0 Å². The third-order valence-corrected chi connectivity index (χ3v) is 5.10. The normalized spacial score (nSPS) is 15.4. The van der Waals surface area contributed by atoms with Gasteiger partial charge in [0.1, 0.15) is 0 Å². The Balaban J connectivity index is 1.80. The van der Waals surface area contributed by atoms with Gasteiger partial charge in [-0.15, -0.1) is 0 Å². The second-order valence-electron chi connectivity index (χ2n) is 6.06. The minimum atomic E-state index is 0.344. The Labute approximate surface area is 141 Å². The molecule has 0 fully saturated rings.